The number of halogens is 1. The number of primary amides is 1. The summed E-state index contributed by atoms with van der Waals surface area (Å²) in [5.74, 6) is -0.394. The predicted molar refractivity (Wildman–Crippen MR) is 72.1 cm³/mol. The van der Waals surface area contributed by atoms with E-state index >= 15 is 0 Å². The molecular formula is C11H15ClN4O2. The third-order valence-corrected chi connectivity index (χ3v) is 2.54. The van der Waals surface area contributed by atoms with Gasteiger partial charge in [0, 0.05) is 13.1 Å². The Bertz CT molecular complexity index is 452. The number of anilines is 2. The summed E-state index contributed by atoms with van der Waals surface area (Å²) in [6.07, 6.45) is 0. The lowest BCUT2D eigenvalue weighted by molar-refractivity contribution is -0.118. The molecule has 1 aromatic rings. The first-order valence-electron chi connectivity index (χ1n) is 5.34. The lowest BCUT2D eigenvalue weighted by Crippen LogP contribution is -2.45. The van der Waals surface area contributed by atoms with E-state index in [2.05, 4.69) is 10.6 Å². The Kier molecular flexibility index (Phi) is 4.79. The number of urea groups is 1. The fourth-order valence-electron chi connectivity index (χ4n) is 1.86. The average molecular weight is 271 g/mol. The Labute approximate surface area is 111 Å². The maximum absolute atomic E-state index is 11.5. The average Bonchev–Trinajstić information content (AvgIpc) is 2.28. The zero-order chi connectivity index (χ0) is 12.3. The summed E-state index contributed by atoms with van der Waals surface area (Å²) in [6, 6.07) is 6.90. The maximum atomic E-state index is 11.5. The number of imide groups is 1. The molecule has 0 saturated carbocycles. The number of benzene rings is 1. The number of hydrogen-bond acceptors (Lipinski definition) is 4. The van der Waals surface area contributed by atoms with Crippen LogP contribution in [-0.4, -0.2) is 31.6 Å². The molecule has 1 aliphatic rings. The highest BCUT2D eigenvalue weighted by Gasteiger charge is 2.18. The minimum absolute atomic E-state index is 0. The monoisotopic (exact) mass is 270 g/mol. The number of para-hydroxylation sites is 2. The van der Waals surface area contributed by atoms with E-state index in [1.807, 2.05) is 29.2 Å². The number of hydrogen-bond donors (Lipinski definition) is 3. The van der Waals surface area contributed by atoms with E-state index in [1.165, 1.54) is 0 Å². The highest BCUT2D eigenvalue weighted by Crippen LogP contribution is 2.27. The minimum Gasteiger partial charge on any atom is -0.382 e. The van der Waals surface area contributed by atoms with E-state index in [9.17, 15) is 9.59 Å². The van der Waals surface area contributed by atoms with E-state index in [0.717, 1.165) is 17.9 Å². The molecule has 2 rings (SSSR count). The predicted octanol–water partition coefficient (Wildman–Crippen LogP) is 0.535. The molecule has 18 heavy (non-hydrogen) atoms. The smallest absolute Gasteiger partial charge is 0.318 e. The van der Waals surface area contributed by atoms with Crippen LogP contribution in [0.25, 0.3) is 0 Å². The van der Waals surface area contributed by atoms with Crippen molar-refractivity contribution < 1.29 is 9.59 Å². The number of amides is 3. The molecule has 0 saturated heterocycles. The summed E-state index contributed by atoms with van der Waals surface area (Å²) in [6.45, 7) is 1.60. The lowest BCUT2D eigenvalue weighted by Gasteiger charge is -2.31. The molecule has 3 amide bonds. The van der Waals surface area contributed by atoms with Gasteiger partial charge in [-0.2, -0.15) is 0 Å². The van der Waals surface area contributed by atoms with Gasteiger partial charge in [-0.25, -0.2) is 4.79 Å². The van der Waals surface area contributed by atoms with Gasteiger partial charge in [0.15, 0.2) is 0 Å². The van der Waals surface area contributed by atoms with Crippen LogP contribution < -0.4 is 21.3 Å². The summed E-state index contributed by atoms with van der Waals surface area (Å²) in [7, 11) is 0. The van der Waals surface area contributed by atoms with Crippen molar-refractivity contribution >= 4 is 35.7 Å². The number of fused-ring (bicyclic) bond motifs is 1. The van der Waals surface area contributed by atoms with Crippen LogP contribution in [0.4, 0.5) is 16.2 Å². The molecule has 6 nitrogen and oxygen atoms in total. The van der Waals surface area contributed by atoms with Gasteiger partial charge in [0.1, 0.15) is 0 Å². The third-order valence-electron chi connectivity index (χ3n) is 2.54. The first kappa shape index (κ1) is 14.1. The second-order valence-corrected chi connectivity index (χ2v) is 3.78. The largest absolute Gasteiger partial charge is 0.382 e. The van der Waals surface area contributed by atoms with Crippen LogP contribution in [-0.2, 0) is 4.79 Å². The number of nitrogens with two attached hydrogens (primary N) is 1. The minimum atomic E-state index is -0.821. The van der Waals surface area contributed by atoms with Crippen LogP contribution in [0.3, 0.4) is 0 Å². The quantitative estimate of drug-likeness (QED) is 0.732. The maximum Gasteiger partial charge on any atom is 0.318 e. The number of carbonyl (C=O) groups is 2. The van der Waals surface area contributed by atoms with Crippen molar-refractivity contribution in [2.24, 2.45) is 5.73 Å². The van der Waals surface area contributed by atoms with E-state index in [0.29, 0.717) is 6.54 Å². The van der Waals surface area contributed by atoms with Crippen molar-refractivity contribution in [2.45, 2.75) is 0 Å². The zero-order valence-corrected chi connectivity index (χ0v) is 10.5. The van der Waals surface area contributed by atoms with Gasteiger partial charge in [0.2, 0.25) is 5.91 Å². The molecule has 1 aliphatic heterocycles. The fraction of sp³-hybridized carbons (Fsp3) is 0.273. The van der Waals surface area contributed by atoms with E-state index in [4.69, 9.17) is 5.73 Å². The molecule has 98 valence electrons. The van der Waals surface area contributed by atoms with Crippen molar-refractivity contribution in [3.05, 3.63) is 24.3 Å². The first-order chi connectivity index (χ1) is 8.16. The zero-order valence-electron chi connectivity index (χ0n) is 9.68. The molecule has 0 fully saturated rings. The Morgan fingerprint density at radius 3 is 2.83 bits per heavy atom. The topological polar surface area (TPSA) is 87.5 Å². The molecule has 1 aromatic carbocycles. The first-order valence-corrected chi connectivity index (χ1v) is 5.34. The van der Waals surface area contributed by atoms with Gasteiger partial charge in [0.25, 0.3) is 0 Å². The molecule has 0 spiro atoms. The highest BCUT2D eigenvalue weighted by molar-refractivity contribution is 5.96. The van der Waals surface area contributed by atoms with Crippen molar-refractivity contribution in [1.82, 2.24) is 5.32 Å². The van der Waals surface area contributed by atoms with Gasteiger partial charge in [-0.1, -0.05) is 12.1 Å². The van der Waals surface area contributed by atoms with Crippen LogP contribution in [0.1, 0.15) is 0 Å². The summed E-state index contributed by atoms with van der Waals surface area (Å²) in [5.41, 5.74) is 6.84. The standard InChI is InChI=1S/C11H14N4O2.ClH/c12-11(17)14-10(16)7-15-6-5-13-8-3-1-2-4-9(8)15;/h1-4,13H,5-7H2,(H3,12,14,16,17);1H. The second kappa shape index (κ2) is 6.11. The number of nitrogens with zero attached hydrogens (tertiary/aromatic N) is 1. The second-order valence-electron chi connectivity index (χ2n) is 3.78. The molecule has 7 heteroatoms. The van der Waals surface area contributed by atoms with Crippen LogP contribution in [0.5, 0.6) is 0 Å². The molecule has 0 bridgehead atoms. The summed E-state index contributed by atoms with van der Waals surface area (Å²) in [5, 5.41) is 5.30. The summed E-state index contributed by atoms with van der Waals surface area (Å²) in [4.78, 5) is 23.9. The highest BCUT2D eigenvalue weighted by atomic mass is 35.5. The van der Waals surface area contributed by atoms with Gasteiger partial charge in [-0.15, -0.1) is 12.4 Å². The number of carbonyl (C=O) groups excluding carboxylic acids is 2. The number of nitrogens with one attached hydrogen (secondary N) is 2. The van der Waals surface area contributed by atoms with Crippen molar-refractivity contribution in [3.8, 4) is 0 Å². The SMILES string of the molecule is Cl.NC(=O)NC(=O)CN1CCNc2ccccc21. The molecular weight excluding hydrogens is 256 g/mol. The molecule has 4 N–H and O–H groups in total. The molecule has 0 unspecified atom stereocenters. The van der Waals surface area contributed by atoms with Gasteiger partial charge in [0.05, 0.1) is 17.9 Å². The van der Waals surface area contributed by atoms with Gasteiger partial charge in [-0.3, -0.25) is 10.1 Å². The Morgan fingerprint density at radius 2 is 2.11 bits per heavy atom. The molecule has 0 aliphatic carbocycles. The van der Waals surface area contributed by atoms with Gasteiger partial charge >= 0.3 is 6.03 Å². The fourth-order valence-corrected chi connectivity index (χ4v) is 1.86. The normalized spacial score (nSPS) is 12.8. The van der Waals surface area contributed by atoms with E-state index < -0.39 is 11.9 Å². The van der Waals surface area contributed by atoms with Crippen LogP contribution >= 0.6 is 12.4 Å². The van der Waals surface area contributed by atoms with Crippen molar-refractivity contribution in [3.63, 3.8) is 0 Å². The third kappa shape index (κ3) is 3.27. The Hall–Kier alpha value is -1.95. The summed E-state index contributed by atoms with van der Waals surface area (Å²) >= 11 is 0. The molecule has 0 atom stereocenters. The van der Waals surface area contributed by atoms with Crippen molar-refractivity contribution in [2.75, 3.05) is 29.9 Å². The van der Waals surface area contributed by atoms with E-state index in [-0.39, 0.29) is 19.0 Å². The molecule has 0 aromatic heterocycles. The molecule has 1 heterocycles. The van der Waals surface area contributed by atoms with Gasteiger partial charge in [-0.05, 0) is 12.1 Å². The number of rotatable bonds is 2. The van der Waals surface area contributed by atoms with Crippen LogP contribution in [0.2, 0.25) is 0 Å². The van der Waals surface area contributed by atoms with E-state index in [1.54, 1.807) is 0 Å². The Balaban J connectivity index is 0.00000162. The van der Waals surface area contributed by atoms with Crippen LogP contribution in [0, 0.1) is 0 Å². The van der Waals surface area contributed by atoms with Gasteiger partial charge < -0.3 is 16.0 Å². The molecule has 0 radical (unpaired) electrons. The van der Waals surface area contributed by atoms with Crippen molar-refractivity contribution in [1.29, 1.82) is 0 Å². The Morgan fingerprint density at radius 1 is 1.39 bits per heavy atom. The van der Waals surface area contributed by atoms with Crippen LogP contribution in [0.15, 0.2) is 24.3 Å². The summed E-state index contributed by atoms with van der Waals surface area (Å²) < 4.78 is 0. The lowest BCUT2D eigenvalue weighted by atomic mass is 10.2.